The van der Waals surface area contributed by atoms with Crippen molar-refractivity contribution in [2.24, 2.45) is 5.41 Å². The molecule has 38 heavy (non-hydrogen) atoms. The summed E-state index contributed by atoms with van der Waals surface area (Å²) in [4.78, 5) is 30.6. The molecule has 2 N–H and O–H groups in total. The molecule has 0 saturated heterocycles. The van der Waals surface area contributed by atoms with Crippen LogP contribution in [0.4, 0.5) is 4.79 Å². The summed E-state index contributed by atoms with van der Waals surface area (Å²) in [5.41, 5.74) is 1.54. The predicted molar refractivity (Wildman–Crippen MR) is 152 cm³/mol. The van der Waals surface area contributed by atoms with Gasteiger partial charge in [0.05, 0.1) is 11.8 Å². The van der Waals surface area contributed by atoms with Crippen LogP contribution in [0.5, 0.6) is 0 Å². The molecule has 2 aromatic carbocycles. The van der Waals surface area contributed by atoms with Crippen molar-refractivity contribution in [3.8, 4) is 11.3 Å². The Morgan fingerprint density at radius 3 is 2.18 bits per heavy atom. The molecule has 3 aromatic rings. The lowest BCUT2D eigenvalue weighted by atomic mass is 9.75. The third-order valence-electron chi connectivity index (χ3n) is 5.58. The van der Waals surface area contributed by atoms with Gasteiger partial charge in [-0.3, -0.25) is 10.3 Å². The summed E-state index contributed by atoms with van der Waals surface area (Å²) in [7, 11) is 0. The lowest BCUT2D eigenvalue weighted by Crippen LogP contribution is -2.58. The van der Waals surface area contributed by atoms with Crippen molar-refractivity contribution < 1.29 is 19.1 Å². The highest BCUT2D eigenvalue weighted by Gasteiger charge is 2.46. The molecule has 0 saturated carbocycles. The summed E-state index contributed by atoms with van der Waals surface area (Å²) in [6.07, 6.45) is 0.998. The fraction of sp³-hybridized carbons (Fsp3) is 0.333. The fourth-order valence-corrected chi connectivity index (χ4v) is 4.36. The molecule has 0 aliphatic heterocycles. The van der Waals surface area contributed by atoms with Gasteiger partial charge in [0.15, 0.2) is 10.7 Å². The van der Waals surface area contributed by atoms with E-state index in [0.29, 0.717) is 12.0 Å². The number of carbonyl (C=O) groups excluding carboxylic acids is 2. The standard InChI is InChI=1S/C30H35N3O4S/c1-21(2)37-26(34)30(20-29(3,4)5,24-16-14-23(15-17-24)25-13-9-10-18-31-25)33-27(38)32-28(35)36-19-22-11-7-6-8-12-22/h6-18,21H,19-20H2,1-5H3,(H2,32,33,35,38)/t30-/m1/s1. The Labute approximate surface area is 230 Å². The van der Waals surface area contributed by atoms with Crippen LogP contribution in [0.15, 0.2) is 79.0 Å². The Balaban J connectivity index is 1.90. The molecule has 1 aromatic heterocycles. The molecule has 200 valence electrons. The number of pyridine rings is 1. The Morgan fingerprint density at radius 2 is 1.61 bits per heavy atom. The van der Waals surface area contributed by atoms with Gasteiger partial charge in [-0.1, -0.05) is 81.4 Å². The number of benzene rings is 2. The lowest BCUT2D eigenvalue weighted by molar-refractivity contribution is -0.157. The molecule has 0 aliphatic rings. The molecule has 0 spiro atoms. The summed E-state index contributed by atoms with van der Waals surface area (Å²) >= 11 is 5.49. The van der Waals surface area contributed by atoms with Crippen LogP contribution in [0, 0.1) is 5.41 Å². The van der Waals surface area contributed by atoms with Gasteiger partial charge in [0.1, 0.15) is 6.61 Å². The highest BCUT2D eigenvalue weighted by molar-refractivity contribution is 7.80. The van der Waals surface area contributed by atoms with Crippen molar-refractivity contribution >= 4 is 29.4 Å². The first-order valence-electron chi connectivity index (χ1n) is 12.5. The average Bonchev–Trinajstić information content (AvgIpc) is 2.87. The maximum absolute atomic E-state index is 13.7. The zero-order chi connectivity index (χ0) is 27.8. The Kier molecular flexibility index (Phi) is 9.58. The van der Waals surface area contributed by atoms with Crippen LogP contribution in [0.25, 0.3) is 11.3 Å². The quantitative estimate of drug-likeness (QED) is 0.266. The zero-order valence-electron chi connectivity index (χ0n) is 22.5. The number of carbonyl (C=O) groups is 2. The largest absolute Gasteiger partial charge is 0.461 e. The zero-order valence-corrected chi connectivity index (χ0v) is 23.3. The summed E-state index contributed by atoms with van der Waals surface area (Å²) < 4.78 is 11.0. The van der Waals surface area contributed by atoms with E-state index >= 15 is 0 Å². The lowest BCUT2D eigenvalue weighted by Gasteiger charge is -2.39. The molecule has 1 amide bonds. The van der Waals surface area contributed by atoms with E-state index in [4.69, 9.17) is 21.7 Å². The second-order valence-corrected chi connectivity index (χ2v) is 10.9. The van der Waals surface area contributed by atoms with Crippen LogP contribution in [0.2, 0.25) is 0 Å². The number of esters is 1. The van der Waals surface area contributed by atoms with E-state index < -0.39 is 17.6 Å². The Morgan fingerprint density at radius 1 is 0.947 bits per heavy atom. The van der Waals surface area contributed by atoms with Gasteiger partial charge in [-0.05, 0) is 61.2 Å². The molecule has 3 rings (SSSR count). The number of thiocarbonyl (C=S) groups is 1. The molecule has 0 bridgehead atoms. The van der Waals surface area contributed by atoms with Crippen LogP contribution in [-0.4, -0.2) is 28.3 Å². The SMILES string of the molecule is CC(C)OC(=O)[C@](CC(C)(C)C)(NC(=S)NC(=O)OCc1ccccc1)c1ccc(-c2ccccn2)cc1. The number of ether oxygens (including phenoxy) is 2. The summed E-state index contributed by atoms with van der Waals surface area (Å²) in [6.45, 7) is 9.76. The highest BCUT2D eigenvalue weighted by Crippen LogP contribution is 2.37. The van der Waals surface area contributed by atoms with E-state index in [2.05, 4.69) is 15.6 Å². The van der Waals surface area contributed by atoms with Gasteiger partial charge in [0, 0.05) is 11.8 Å². The maximum atomic E-state index is 13.7. The molecule has 1 heterocycles. The number of alkyl carbamates (subject to hydrolysis) is 1. The molecule has 1 atom stereocenters. The predicted octanol–water partition coefficient (Wildman–Crippen LogP) is 6.13. The van der Waals surface area contributed by atoms with E-state index in [0.717, 1.165) is 16.8 Å². The number of rotatable bonds is 8. The topological polar surface area (TPSA) is 89.6 Å². The molecular formula is C30H35N3O4S. The van der Waals surface area contributed by atoms with E-state index in [1.807, 2.05) is 93.6 Å². The van der Waals surface area contributed by atoms with Gasteiger partial charge in [-0.2, -0.15) is 0 Å². The second kappa shape index (κ2) is 12.6. The molecule has 0 aliphatic carbocycles. The van der Waals surface area contributed by atoms with Gasteiger partial charge in [-0.15, -0.1) is 0 Å². The van der Waals surface area contributed by atoms with Gasteiger partial charge in [-0.25, -0.2) is 9.59 Å². The third-order valence-corrected chi connectivity index (χ3v) is 5.78. The van der Waals surface area contributed by atoms with Crippen molar-refractivity contribution in [2.45, 2.75) is 59.3 Å². The van der Waals surface area contributed by atoms with Gasteiger partial charge in [0.2, 0.25) is 0 Å². The van der Waals surface area contributed by atoms with Crippen LogP contribution in [0.3, 0.4) is 0 Å². The Bertz CT molecular complexity index is 1230. The normalized spacial score (nSPS) is 12.8. The van der Waals surface area contributed by atoms with Crippen LogP contribution < -0.4 is 10.6 Å². The molecular weight excluding hydrogens is 498 g/mol. The van der Waals surface area contributed by atoms with Gasteiger partial charge >= 0.3 is 12.1 Å². The first-order chi connectivity index (χ1) is 18.0. The monoisotopic (exact) mass is 533 g/mol. The van der Waals surface area contributed by atoms with Crippen LogP contribution in [0.1, 0.15) is 52.2 Å². The number of aromatic nitrogens is 1. The highest BCUT2D eigenvalue weighted by atomic mass is 32.1. The minimum Gasteiger partial charge on any atom is -0.461 e. The molecule has 7 nitrogen and oxygen atoms in total. The van der Waals surface area contributed by atoms with E-state index in [1.165, 1.54) is 0 Å². The molecule has 0 fully saturated rings. The number of hydrogen-bond acceptors (Lipinski definition) is 6. The Hall–Kier alpha value is -3.78. The first kappa shape index (κ1) is 28.8. The summed E-state index contributed by atoms with van der Waals surface area (Å²) in [5.74, 6) is -0.491. The van der Waals surface area contributed by atoms with Crippen molar-refractivity contribution in [1.29, 1.82) is 0 Å². The third kappa shape index (κ3) is 8.11. The molecule has 0 unspecified atom stereocenters. The van der Waals surface area contributed by atoms with E-state index in [-0.39, 0.29) is 23.2 Å². The van der Waals surface area contributed by atoms with Gasteiger partial charge in [0.25, 0.3) is 0 Å². The summed E-state index contributed by atoms with van der Waals surface area (Å²) in [6, 6.07) is 22.6. The number of nitrogens with zero attached hydrogens (tertiary/aromatic N) is 1. The second-order valence-electron chi connectivity index (χ2n) is 10.5. The number of amides is 1. The van der Waals surface area contributed by atoms with Crippen molar-refractivity contribution in [3.05, 3.63) is 90.1 Å². The van der Waals surface area contributed by atoms with Crippen molar-refractivity contribution in [2.75, 3.05) is 0 Å². The van der Waals surface area contributed by atoms with Crippen LogP contribution in [-0.2, 0) is 26.4 Å². The fourth-order valence-electron chi connectivity index (χ4n) is 4.11. The average molecular weight is 534 g/mol. The number of hydrogen-bond donors (Lipinski definition) is 2. The number of nitrogens with one attached hydrogen (secondary N) is 2. The minimum atomic E-state index is -1.37. The minimum absolute atomic E-state index is 0.0400. The smallest absolute Gasteiger partial charge is 0.413 e. The maximum Gasteiger partial charge on any atom is 0.413 e. The van der Waals surface area contributed by atoms with E-state index in [9.17, 15) is 9.59 Å². The van der Waals surface area contributed by atoms with Crippen LogP contribution >= 0.6 is 12.2 Å². The molecule has 0 radical (unpaired) electrons. The van der Waals surface area contributed by atoms with Gasteiger partial charge < -0.3 is 14.8 Å². The summed E-state index contributed by atoms with van der Waals surface area (Å²) in [5, 5.41) is 5.63. The van der Waals surface area contributed by atoms with E-state index in [1.54, 1.807) is 20.0 Å². The first-order valence-corrected chi connectivity index (χ1v) is 12.9. The molecule has 8 heteroatoms. The van der Waals surface area contributed by atoms with Crippen molar-refractivity contribution in [1.82, 2.24) is 15.6 Å². The van der Waals surface area contributed by atoms with Crippen molar-refractivity contribution in [3.63, 3.8) is 0 Å².